The number of para-hydroxylation sites is 2. The molecular weight excluding hydrogens is 470 g/mol. The Labute approximate surface area is 226 Å². The first kappa shape index (κ1) is 24.9. The van der Waals surface area contributed by atoms with Crippen molar-refractivity contribution in [2.24, 2.45) is 4.99 Å². The molecule has 2 aromatic carbocycles. The molecule has 0 amide bonds. The molecule has 0 radical (unpaired) electrons. The second-order valence-electron chi connectivity index (χ2n) is 11.4. The van der Waals surface area contributed by atoms with Crippen LogP contribution >= 0.6 is 0 Å². The summed E-state index contributed by atoms with van der Waals surface area (Å²) in [6.45, 7) is 5.16. The van der Waals surface area contributed by atoms with Crippen molar-refractivity contribution >= 4 is 17.0 Å². The second kappa shape index (κ2) is 10.4. The number of benzene rings is 2. The third kappa shape index (κ3) is 4.45. The van der Waals surface area contributed by atoms with Gasteiger partial charge in [-0.2, -0.15) is 5.26 Å². The van der Waals surface area contributed by atoms with Crippen molar-refractivity contribution < 1.29 is 0 Å². The number of hydrogen-bond acceptors (Lipinski definition) is 4. The van der Waals surface area contributed by atoms with Crippen LogP contribution in [-0.4, -0.2) is 64.1 Å². The number of aryl methyl sites for hydroxylation is 1. The molecule has 7 heteroatoms. The summed E-state index contributed by atoms with van der Waals surface area (Å²) >= 11 is 0. The van der Waals surface area contributed by atoms with Crippen LogP contribution in [0, 0.1) is 18.4 Å². The highest BCUT2D eigenvalue weighted by Crippen LogP contribution is 2.45. The monoisotopic (exact) mass is 509 g/mol. The fourth-order valence-corrected chi connectivity index (χ4v) is 7.74. The molecule has 1 aromatic heterocycles. The average molecular weight is 510 g/mol. The molecular formula is C31H39N7. The van der Waals surface area contributed by atoms with Gasteiger partial charge in [-0.25, -0.2) is 4.98 Å². The summed E-state index contributed by atoms with van der Waals surface area (Å²) in [5.74, 6) is 1.84. The van der Waals surface area contributed by atoms with Crippen LogP contribution in [-0.2, 0) is 5.41 Å². The van der Waals surface area contributed by atoms with Gasteiger partial charge in [0.1, 0.15) is 5.82 Å². The number of guanidine groups is 1. The molecule has 38 heavy (non-hydrogen) atoms. The van der Waals surface area contributed by atoms with Crippen LogP contribution in [0.1, 0.15) is 62.4 Å². The van der Waals surface area contributed by atoms with E-state index in [1.807, 2.05) is 6.19 Å². The van der Waals surface area contributed by atoms with E-state index in [0.717, 1.165) is 43.8 Å². The molecule has 0 aliphatic carbocycles. The standard InChI is InChI=1S/C31H39N7/c1-23-35-28-10-6-7-11-29(28)38(23)27-20-25-12-13-26(21-27)37(25)19-16-31(24-8-4-3-5-9-24)14-17-36(18-15-31)30(33-2)34-22-32/h3-11,25-27H,12-21H2,1-2H3,(H,33,34)/t25-,26+,27?. The third-order valence-corrected chi connectivity index (χ3v) is 9.63. The van der Waals surface area contributed by atoms with Gasteiger partial charge in [-0.05, 0) is 81.5 Å². The maximum atomic E-state index is 9.13. The highest BCUT2D eigenvalue weighted by atomic mass is 15.3. The molecule has 4 heterocycles. The van der Waals surface area contributed by atoms with E-state index >= 15 is 0 Å². The van der Waals surface area contributed by atoms with E-state index in [0.29, 0.717) is 24.1 Å². The number of nitrogens with one attached hydrogen (secondary N) is 1. The lowest BCUT2D eigenvalue weighted by Crippen LogP contribution is -2.50. The predicted molar refractivity (Wildman–Crippen MR) is 152 cm³/mol. The number of likely N-dealkylation sites (tertiary alicyclic amines) is 1. The van der Waals surface area contributed by atoms with Crippen molar-refractivity contribution in [3.63, 3.8) is 0 Å². The van der Waals surface area contributed by atoms with Gasteiger partial charge in [0.25, 0.3) is 0 Å². The maximum absolute atomic E-state index is 9.13. The summed E-state index contributed by atoms with van der Waals surface area (Å²) in [5.41, 5.74) is 4.04. The number of aliphatic imine (C=N–C) groups is 1. The van der Waals surface area contributed by atoms with Crippen molar-refractivity contribution in [1.82, 2.24) is 24.7 Å². The molecule has 0 saturated carbocycles. The molecule has 7 nitrogen and oxygen atoms in total. The molecule has 2 bridgehead atoms. The average Bonchev–Trinajstić information content (AvgIpc) is 3.42. The number of nitrogens with zero attached hydrogens (tertiary/aromatic N) is 6. The SMILES string of the molecule is CN=C(NC#N)N1CCC(CCN2[C@@H]3CC[C@H]2CC(n2c(C)nc4ccccc42)C3)(c2ccccc2)CC1. The highest BCUT2D eigenvalue weighted by molar-refractivity contribution is 5.81. The molecule has 6 rings (SSSR count). The van der Waals surface area contributed by atoms with Gasteiger partial charge in [0.2, 0.25) is 5.96 Å². The number of rotatable bonds is 5. The molecule has 3 aliphatic rings. The van der Waals surface area contributed by atoms with Crippen LogP contribution in [0.4, 0.5) is 0 Å². The Hall–Kier alpha value is -3.37. The van der Waals surface area contributed by atoms with E-state index in [-0.39, 0.29) is 5.41 Å². The van der Waals surface area contributed by atoms with Crippen LogP contribution in [0.5, 0.6) is 0 Å². The number of imidazole rings is 1. The first-order valence-corrected chi connectivity index (χ1v) is 14.2. The first-order valence-electron chi connectivity index (χ1n) is 14.2. The molecule has 0 spiro atoms. The molecule has 3 atom stereocenters. The predicted octanol–water partition coefficient (Wildman–Crippen LogP) is 4.99. The zero-order valence-electron chi connectivity index (χ0n) is 22.7. The molecule has 3 aliphatic heterocycles. The van der Waals surface area contributed by atoms with Gasteiger partial charge in [-0.15, -0.1) is 0 Å². The maximum Gasteiger partial charge on any atom is 0.207 e. The summed E-state index contributed by atoms with van der Waals surface area (Å²) in [6.07, 6.45) is 10.5. The van der Waals surface area contributed by atoms with Crippen molar-refractivity contribution in [2.45, 2.75) is 75.4 Å². The van der Waals surface area contributed by atoms with Crippen molar-refractivity contribution in [3.05, 3.63) is 66.0 Å². The highest BCUT2D eigenvalue weighted by Gasteiger charge is 2.44. The van der Waals surface area contributed by atoms with E-state index in [1.54, 1.807) is 7.05 Å². The van der Waals surface area contributed by atoms with Gasteiger partial charge in [-0.1, -0.05) is 42.5 Å². The summed E-state index contributed by atoms with van der Waals surface area (Å²) in [7, 11) is 1.76. The molecule has 3 saturated heterocycles. The van der Waals surface area contributed by atoms with Crippen LogP contribution in [0.2, 0.25) is 0 Å². The Morgan fingerprint density at radius 3 is 2.39 bits per heavy atom. The third-order valence-electron chi connectivity index (χ3n) is 9.63. The molecule has 1 unspecified atom stereocenters. The second-order valence-corrected chi connectivity index (χ2v) is 11.4. The smallest absolute Gasteiger partial charge is 0.207 e. The first-order chi connectivity index (χ1) is 18.6. The van der Waals surface area contributed by atoms with E-state index < -0.39 is 0 Å². The number of nitriles is 1. The summed E-state index contributed by atoms with van der Waals surface area (Å²) in [5, 5.41) is 11.9. The number of hydrogen-bond donors (Lipinski definition) is 1. The Bertz CT molecular complexity index is 1320. The zero-order valence-corrected chi connectivity index (χ0v) is 22.7. The summed E-state index contributed by atoms with van der Waals surface area (Å²) in [6, 6.07) is 21.6. The molecule has 3 aromatic rings. The summed E-state index contributed by atoms with van der Waals surface area (Å²) < 4.78 is 2.53. The van der Waals surface area contributed by atoms with Gasteiger partial charge in [-0.3, -0.25) is 15.2 Å². The van der Waals surface area contributed by atoms with Crippen LogP contribution < -0.4 is 5.32 Å². The number of piperidine rings is 2. The Kier molecular flexibility index (Phi) is 6.84. The fourth-order valence-electron chi connectivity index (χ4n) is 7.74. The Morgan fingerprint density at radius 1 is 1.03 bits per heavy atom. The van der Waals surface area contributed by atoms with E-state index in [2.05, 4.69) is 86.2 Å². The van der Waals surface area contributed by atoms with Gasteiger partial charge in [0, 0.05) is 38.3 Å². The number of aromatic nitrogens is 2. The minimum absolute atomic E-state index is 0.163. The van der Waals surface area contributed by atoms with Gasteiger partial charge in [0.15, 0.2) is 6.19 Å². The van der Waals surface area contributed by atoms with Crippen molar-refractivity contribution in [3.8, 4) is 6.19 Å². The lowest BCUT2D eigenvalue weighted by atomic mass is 9.70. The molecule has 1 N–H and O–H groups in total. The van der Waals surface area contributed by atoms with Crippen LogP contribution in [0.25, 0.3) is 11.0 Å². The summed E-state index contributed by atoms with van der Waals surface area (Å²) in [4.78, 5) is 14.3. The van der Waals surface area contributed by atoms with E-state index in [4.69, 9.17) is 10.2 Å². The van der Waals surface area contributed by atoms with Crippen LogP contribution in [0.3, 0.4) is 0 Å². The van der Waals surface area contributed by atoms with E-state index in [1.165, 1.54) is 43.2 Å². The zero-order chi connectivity index (χ0) is 26.1. The molecule has 3 fully saturated rings. The van der Waals surface area contributed by atoms with Crippen molar-refractivity contribution in [1.29, 1.82) is 5.26 Å². The van der Waals surface area contributed by atoms with Gasteiger partial charge in [0.05, 0.1) is 11.0 Å². The topological polar surface area (TPSA) is 72.5 Å². The Morgan fingerprint density at radius 2 is 1.71 bits per heavy atom. The quantitative estimate of drug-likeness (QED) is 0.227. The normalized spacial score (nSPS) is 25.4. The Balaban J connectivity index is 1.18. The van der Waals surface area contributed by atoms with Crippen LogP contribution in [0.15, 0.2) is 59.6 Å². The van der Waals surface area contributed by atoms with Gasteiger partial charge >= 0.3 is 0 Å². The minimum atomic E-state index is 0.163. The van der Waals surface area contributed by atoms with Gasteiger partial charge < -0.3 is 9.47 Å². The van der Waals surface area contributed by atoms with Crippen molar-refractivity contribution in [2.75, 3.05) is 26.7 Å². The lowest BCUT2D eigenvalue weighted by Gasteiger charge is -2.46. The molecule has 198 valence electrons. The lowest BCUT2D eigenvalue weighted by molar-refractivity contribution is 0.0887. The number of fused-ring (bicyclic) bond motifs is 3. The fraction of sp³-hybridized carbons (Fsp3) is 0.516. The largest absolute Gasteiger partial charge is 0.342 e. The van der Waals surface area contributed by atoms with E-state index in [9.17, 15) is 0 Å². The minimum Gasteiger partial charge on any atom is -0.342 e.